The summed E-state index contributed by atoms with van der Waals surface area (Å²) in [7, 11) is 1.81. The summed E-state index contributed by atoms with van der Waals surface area (Å²) in [6, 6.07) is 13.5. The van der Waals surface area contributed by atoms with E-state index < -0.39 is 0 Å². The molecule has 1 unspecified atom stereocenters. The lowest BCUT2D eigenvalue weighted by atomic mass is 10.0. The number of amides is 1. The van der Waals surface area contributed by atoms with Crippen molar-refractivity contribution in [2.75, 3.05) is 7.05 Å². The fourth-order valence-electron chi connectivity index (χ4n) is 2.50. The normalized spacial score (nSPS) is 12.0. The second kappa shape index (κ2) is 9.07. The maximum absolute atomic E-state index is 12.1. The molecule has 0 saturated heterocycles. The Hall–Kier alpha value is -1.55. The quantitative estimate of drug-likeness (QED) is 0.749. The van der Waals surface area contributed by atoms with Crippen molar-refractivity contribution in [2.45, 2.75) is 32.4 Å². The highest BCUT2D eigenvalue weighted by Crippen LogP contribution is 2.28. The van der Waals surface area contributed by atoms with Crippen LogP contribution in [-0.4, -0.2) is 19.0 Å². The fraction of sp³-hybridized carbons (Fsp3) is 0.316. The number of benzene rings is 2. The topological polar surface area (TPSA) is 41.1 Å². The van der Waals surface area contributed by atoms with E-state index in [-0.39, 0.29) is 11.9 Å². The standard InChI is InChI=1S/C19H22Cl2N2O/c1-3-4-18(22-2)19(24)23-12-13-5-7-14(8-6-13)15-9-10-16(20)17(21)11-15/h5-11,18,22H,3-4,12H2,1-2H3,(H,23,24). The Kier molecular flexibility index (Phi) is 7.10. The van der Waals surface area contributed by atoms with Crippen LogP contribution >= 0.6 is 23.2 Å². The van der Waals surface area contributed by atoms with Crippen LogP contribution in [-0.2, 0) is 11.3 Å². The molecule has 1 atom stereocenters. The first-order valence-corrected chi connectivity index (χ1v) is 8.80. The van der Waals surface area contributed by atoms with E-state index in [0.29, 0.717) is 16.6 Å². The van der Waals surface area contributed by atoms with Crippen molar-refractivity contribution in [3.63, 3.8) is 0 Å². The van der Waals surface area contributed by atoms with Gasteiger partial charge >= 0.3 is 0 Å². The van der Waals surface area contributed by atoms with Gasteiger partial charge in [-0.25, -0.2) is 0 Å². The number of hydrogen-bond acceptors (Lipinski definition) is 2. The molecule has 2 aromatic rings. The third-order valence-electron chi connectivity index (χ3n) is 3.92. The Morgan fingerprint density at radius 1 is 1.04 bits per heavy atom. The number of hydrogen-bond donors (Lipinski definition) is 2. The molecule has 0 aliphatic rings. The van der Waals surface area contributed by atoms with Gasteiger partial charge in [-0.3, -0.25) is 4.79 Å². The minimum absolute atomic E-state index is 0.0351. The molecule has 1 amide bonds. The van der Waals surface area contributed by atoms with Gasteiger partial charge < -0.3 is 10.6 Å². The van der Waals surface area contributed by atoms with Crippen molar-refractivity contribution in [3.8, 4) is 11.1 Å². The molecule has 0 aromatic heterocycles. The number of carbonyl (C=O) groups is 1. The zero-order valence-corrected chi connectivity index (χ0v) is 15.4. The van der Waals surface area contributed by atoms with Gasteiger partial charge in [0.2, 0.25) is 5.91 Å². The van der Waals surface area contributed by atoms with Crippen LogP contribution < -0.4 is 10.6 Å². The molecule has 0 fully saturated rings. The predicted octanol–water partition coefficient (Wildman–Crippen LogP) is 4.66. The third-order valence-corrected chi connectivity index (χ3v) is 4.65. The van der Waals surface area contributed by atoms with E-state index >= 15 is 0 Å². The molecule has 0 radical (unpaired) electrons. The van der Waals surface area contributed by atoms with E-state index in [1.165, 1.54) is 0 Å². The Balaban J connectivity index is 1.99. The van der Waals surface area contributed by atoms with Gasteiger partial charge in [0.05, 0.1) is 16.1 Å². The molecule has 0 spiro atoms. The fourth-order valence-corrected chi connectivity index (χ4v) is 2.80. The van der Waals surface area contributed by atoms with Gasteiger partial charge in [-0.05, 0) is 42.3 Å². The van der Waals surface area contributed by atoms with Gasteiger partial charge in [0.25, 0.3) is 0 Å². The average molecular weight is 365 g/mol. The first-order valence-electron chi connectivity index (χ1n) is 8.04. The van der Waals surface area contributed by atoms with Gasteiger partial charge in [0.1, 0.15) is 0 Å². The van der Waals surface area contributed by atoms with E-state index in [4.69, 9.17) is 23.2 Å². The van der Waals surface area contributed by atoms with Gasteiger partial charge in [-0.15, -0.1) is 0 Å². The number of nitrogens with one attached hydrogen (secondary N) is 2. The molecular formula is C19H22Cl2N2O. The Morgan fingerprint density at radius 2 is 1.71 bits per heavy atom. The van der Waals surface area contributed by atoms with Crippen molar-refractivity contribution < 1.29 is 4.79 Å². The minimum Gasteiger partial charge on any atom is -0.351 e. The maximum atomic E-state index is 12.1. The van der Waals surface area contributed by atoms with Crippen molar-refractivity contribution in [1.82, 2.24) is 10.6 Å². The van der Waals surface area contributed by atoms with Crippen molar-refractivity contribution in [1.29, 1.82) is 0 Å². The van der Waals surface area contributed by atoms with E-state index in [1.54, 1.807) is 6.07 Å². The van der Waals surface area contributed by atoms with Crippen molar-refractivity contribution in [2.24, 2.45) is 0 Å². The lowest BCUT2D eigenvalue weighted by Crippen LogP contribution is -2.42. The molecule has 128 valence electrons. The van der Waals surface area contributed by atoms with E-state index in [9.17, 15) is 4.79 Å². The number of carbonyl (C=O) groups excluding carboxylic acids is 1. The number of likely N-dealkylation sites (N-methyl/N-ethyl adjacent to an activating group) is 1. The summed E-state index contributed by atoms with van der Waals surface area (Å²) < 4.78 is 0. The van der Waals surface area contributed by atoms with Crippen molar-refractivity contribution >= 4 is 29.1 Å². The maximum Gasteiger partial charge on any atom is 0.237 e. The lowest BCUT2D eigenvalue weighted by Gasteiger charge is -2.15. The van der Waals surface area contributed by atoms with Crippen LogP contribution in [0.15, 0.2) is 42.5 Å². The van der Waals surface area contributed by atoms with Gasteiger partial charge in [-0.1, -0.05) is 66.9 Å². The second-order valence-corrected chi connectivity index (χ2v) is 6.49. The molecule has 0 aliphatic heterocycles. The van der Waals surface area contributed by atoms with Crippen LogP contribution in [0.4, 0.5) is 0 Å². The Morgan fingerprint density at radius 3 is 2.29 bits per heavy atom. The molecule has 3 nitrogen and oxygen atoms in total. The molecule has 2 rings (SSSR count). The van der Waals surface area contributed by atoms with E-state index in [0.717, 1.165) is 29.5 Å². The minimum atomic E-state index is -0.134. The van der Waals surface area contributed by atoms with Crippen molar-refractivity contribution in [3.05, 3.63) is 58.1 Å². The molecule has 0 saturated carbocycles. The van der Waals surface area contributed by atoms with Gasteiger partial charge in [-0.2, -0.15) is 0 Å². The SMILES string of the molecule is CCCC(NC)C(=O)NCc1ccc(-c2ccc(Cl)c(Cl)c2)cc1. The predicted molar refractivity (Wildman–Crippen MR) is 102 cm³/mol. The van der Waals surface area contributed by atoms with Crippen LogP contribution in [0.5, 0.6) is 0 Å². The van der Waals surface area contributed by atoms with E-state index in [2.05, 4.69) is 17.6 Å². The van der Waals surface area contributed by atoms with Crippen LogP contribution in [0.3, 0.4) is 0 Å². The number of halogens is 2. The van der Waals surface area contributed by atoms with Crippen LogP contribution in [0.1, 0.15) is 25.3 Å². The molecule has 24 heavy (non-hydrogen) atoms. The largest absolute Gasteiger partial charge is 0.351 e. The summed E-state index contributed by atoms with van der Waals surface area (Å²) in [6.45, 7) is 2.59. The Labute approximate surface area is 153 Å². The zero-order valence-electron chi connectivity index (χ0n) is 13.9. The molecule has 2 aromatic carbocycles. The first-order chi connectivity index (χ1) is 11.5. The molecule has 0 bridgehead atoms. The Bertz CT molecular complexity index is 686. The first kappa shape index (κ1) is 18.8. The summed E-state index contributed by atoms with van der Waals surface area (Å²) >= 11 is 12.0. The van der Waals surface area contributed by atoms with Crippen LogP contribution in [0, 0.1) is 0 Å². The van der Waals surface area contributed by atoms with E-state index in [1.807, 2.05) is 43.4 Å². The molecule has 5 heteroatoms. The zero-order chi connectivity index (χ0) is 17.5. The summed E-state index contributed by atoms with van der Waals surface area (Å²) in [6.07, 6.45) is 1.80. The summed E-state index contributed by atoms with van der Waals surface area (Å²) in [4.78, 5) is 12.1. The summed E-state index contributed by atoms with van der Waals surface area (Å²) in [5, 5.41) is 7.10. The molecule has 0 heterocycles. The summed E-state index contributed by atoms with van der Waals surface area (Å²) in [5.74, 6) is 0.0351. The number of rotatable bonds is 7. The molecular weight excluding hydrogens is 343 g/mol. The van der Waals surface area contributed by atoms with Gasteiger partial charge in [0.15, 0.2) is 0 Å². The third kappa shape index (κ3) is 4.97. The van der Waals surface area contributed by atoms with Crippen LogP contribution in [0.25, 0.3) is 11.1 Å². The molecule has 0 aliphatic carbocycles. The molecule has 2 N–H and O–H groups in total. The summed E-state index contributed by atoms with van der Waals surface area (Å²) in [5.41, 5.74) is 3.12. The highest BCUT2D eigenvalue weighted by atomic mass is 35.5. The average Bonchev–Trinajstić information content (AvgIpc) is 2.60. The smallest absolute Gasteiger partial charge is 0.237 e. The second-order valence-electron chi connectivity index (χ2n) is 5.67. The van der Waals surface area contributed by atoms with Gasteiger partial charge in [0, 0.05) is 6.54 Å². The van der Waals surface area contributed by atoms with Crippen LogP contribution in [0.2, 0.25) is 10.0 Å². The highest BCUT2D eigenvalue weighted by Gasteiger charge is 2.14. The lowest BCUT2D eigenvalue weighted by molar-refractivity contribution is -0.123. The highest BCUT2D eigenvalue weighted by molar-refractivity contribution is 6.42. The monoisotopic (exact) mass is 364 g/mol.